The Morgan fingerprint density at radius 1 is 1.35 bits per heavy atom. The first kappa shape index (κ1) is 10.3. The van der Waals surface area contributed by atoms with Crippen molar-refractivity contribution in [1.29, 1.82) is 0 Å². The first-order chi connectivity index (χ1) is 8.24. The Kier molecular flexibility index (Phi) is 2.35. The highest BCUT2D eigenvalue weighted by molar-refractivity contribution is 5.45. The van der Waals surface area contributed by atoms with E-state index in [0.29, 0.717) is 11.7 Å². The second-order valence-corrected chi connectivity index (χ2v) is 4.45. The van der Waals surface area contributed by atoms with Crippen molar-refractivity contribution in [2.75, 3.05) is 5.32 Å². The summed E-state index contributed by atoms with van der Waals surface area (Å²) in [5.41, 5.74) is 1.42. The van der Waals surface area contributed by atoms with Crippen LogP contribution < -0.4 is 5.32 Å². The van der Waals surface area contributed by atoms with Crippen molar-refractivity contribution in [3.05, 3.63) is 42.0 Å². The van der Waals surface area contributed by atoms with Gasteiger partial charge in [-0.1, -0.05) is 12.1 Å². The highest BCUT2D eigenvalue weighted by atomic mass is 19.1. The largest absolute Gasteiger partial charge is 0.353 e. The fraction of sp³-hybridized carbons (Fsp3) is 0.308. The van der Waals surface area contributed by atoms with E-state index in [0.717, 1.165) is 11.6 Å². The van der Waals surface area contributed by atoms with Gasteiger partial charge in [0, 0.05) is 12.2 Å². The number of halogens is 1. The van der Waals surface area contributed by atoms with Crippen molar-refractivity contribution >= 4 is 5.95 Å². The minimum absolute atomic E-state index is 0.233. The van der Waals surface area contributed by atoms with Crippen LogP contribution in [0.3, 0.4) is 0 Å². The second kappa shape index (κ2) is 3.87. The number of rotatable bonds is 3. The molecule has 0 atom stereocenters. The molecule has 17 heavy (non-hydrogen) atoms. The lowest BCUT2D eigenvalue weighted by atomic mass is 10.3. The van der Waals surface area contributed by atoms with Crippen LogP contribution in [-0.2, 0) is 0 Å². The highest BCUT2D eigenvalue weighted by Gasteiger charge is 2.23. The van der Waals surface area contributed by atoms with E-state index in [2.05, 4.69) is 10.3 Å². The minimum Gasteiger partial charge on any atom is -0.353 e. The van der Waals surface area contributed by atoms with E-state index in [-0.39, 0.29) is 5.82 Å². The molecule has 0 saturated heterocycles. The molecule has 1 aromatic carbocycles. The normalized spacial score (nSPS) is 14.9. The van der Waals surface area contributed by atoms with Crippen LogP contribution in [0.25, 0.3) is 5.69 Å². The average Bonchev–Trinajstić information content (AvgIpc) is 3.03. The van der Waals surface area contributed by atoms with Gasteiger partial charge in [0.05, 0.1) is 11.4 Å². The summed E-state index contributed by atoms with van der Waals surface area (Å²) in [5, 5.41) is 3.32. The summed E-state index contributed by atoms with van der Waals surface area (Å²) in [6.07, 6.45) is 4.19. The van der Waals surface area contributed by atoms with Crippen LogP contribution in [0.2, 0.25) is 0 Å². The molecule has 0 bridgehead atoms. The maximum absolute atomic E-state index is 13.7. The summed E-state index contributed by atoms with van der Waals surface area (Å²) in [4.78, 5) is 4.39. The van der Waals surface area contributed by atoms with Crippen molar-refractivity contribution in [2.45, 2.75) is 25.8 Å². The predicted molar refractivity (Wildman–Crippen MR) is 64.9 cm³/mol. The first-order valence-corrected chi connectivity index (χ1v) is 5.81. The second-order valence-electron chi connectivity index (χ2n) is 4.45. The molecule has 4 heteroatoms. The Bertz CT molecular complexity index is 543. The van der Waals surface area contributed by atoms with Gasteiger partial charge in [0.25, 0.3) is 0 Å². The fourth-order valence-electron chi connectivity index (χ4n) is 1.84. The van der Waals surface area contributed by atoms with Gasteiger partial charge in [0.2, 0.25) is 5.95 Å². The summed E-state index contributed by atoms with van der Waals surface area (Å²) in [5.74, 6) is 0.499. The molecule has 0 radical (unpaired) electrons. The number of nitrogens with zero attached hydrogens (tertiary/aromatic N) is 2. The monoisotopic (exact) mass is 231 g/mol. The van der Waals surface area contributed by atoms with Crippen LogP contribution in [0, 0.1) is 12.7 Å². The Morgan fingerprint density at radius 2 is 2.12 bits per heavy atom. The molecule has 0 unspecified atom stereocenters. The number of anilines is 1. The molecule has 1 aliphatic carbocycles. The van der Waals surface area contributed by atoms with E-state index in [4.69, 9.17) is 0 Å². The Morgan fingerprint density at radius 3 is 2.82 bits per heavy atom. The Balaban J connectivity index is 2.03. The molecule has 1 heterocycles. The topological polar surface area (TPSA) is 29.9 Å². The quantitative estimate of drug-likeness (QED) is 0.880. The SMILES string of the molecule is Cc1cn(-c2ccccc2F)c(NC2CC2)n1. The lowest BCUT2D eigenvalue weighted by molar-refractivity contribution is 0.618. The molecule has 1 saturated carbocycles. The van der Waals surface area contributed by atoms with Crippen molar-refractivity contribution in [3.8, 4) is 5.69 Å². The zero-order valence-corrected chi connectivity index (χ0v) is 9.65. The minimum atomic E-state index is -0.233. The molecule has 0 aliphatic heterocycles. The van der Waals surface area contributed by atoms with Crippen LogP contribution in [0.15, 0.2) is 30.5 Å². The number of hydrogen-bond acceptors (Lipinski definition) is 2. The number of imidazole rings is 1. The number of nitrogens with one attached hydrogen (secondary N) is 1. The van der Waals surface area contributed by atoms with Gasteiger partial charge in [0.1, 0.15) is 5.82 Å². The summed E-state index contributed by atoms with van der Waals surface area (Å²) in [6, 6.07) is 7.24. The third-order valence-corrected chi connectivity index (χ3v) is 2.85. The molecule has 1 N–H and O–H groups in total. The van der Waals surface area contributed by atoms with E-state index in [1.165, 1.54) is 18.9 Å². The zero-order valence-electron chi connectivity index (χ0n) is 9.65. The molecule has 1 aliphatic rings. The zero-order chi connectivity index (χ0) is 11.8. The summed E-state index contributed by atoms with van der Waals surface area (Å²) < 4.78 is 15.5. The standard InChI is InChI=1S/C13H14FN3/c1-9-8-17(12-5-3-2-4-11(12)14)13(15-9)16-10-6-7-10/h2-5,8,10H,6-7H2,1H3,(H,15,16). The number of para-hydroxylation sites is 1. The summed E-state index contributed by atoms with van der Waals surface area (Å²) in [6.45, 7) is 1.91. The first-order valence-electron chi connectivity index (χ1n) is 5.81. The predicted octanol–water partition coefficient (Wildman–Crippen LogP) is 2.89. The van der Waals surface area contributed by atoms with E-state index in [9.17, 15) is 4.39 Å². The molecule has 1 fully saturated rings. The van der Waals surface area contributed by atoms with Crippen LogP contribution in [-0.4, -0.2) is 15.6 Å². The molecule has 0 amide bonds. The molecule has 0 spiro atoms. The summed E-state index contributed by atoms with van der Waals surface area (Å²) in [7, 11) is 0. The van der Waals surface area contributed by atoms with Gasteiger partial charge in [-0.2, -0.15) is 0 Å². The molecule has 88 valence electrons. The van der Waals surface area contributed by atoms with E-state index < -0.39 is 0 Å². The maximum Gasteiger partial charge on any atom is 0.208 e. The smallest absolute Gasteiger partial charge is 0.208 e. The third kappa shape index (κ3) is 2.02. The lowest BCUT2D eigenvalue weighted by Gasteiger charge is -2.09. The number of benzene rings is 1. The van der Waals surface area contributed by atoms with Crippen molar-refractivity contribution in [1.82, 2.24) is 9.55 Å². The van der Waals surface area contributed by atoms with Crippen molar-refractivity contribution < 1.29 is 4.39 Å². The van der Waals surface area contributed by atoms with Gasteiger partial charge in [-0.05, 0) is 31.9 Å². The highest BCUT2D eigenvalue weighted by Crippen LogP contribution is 2.26. The molecular weight excluding hydrogens is 217 g/mol. The maximum atomic E-state index is 13.7. The van der Waals surface area contributed by atoms with Crippen molar-refractivity contribution in [3.63, 3.8) is 0 Å². The molecule has 2 aromatic rings. The van der Waals surface area contributed by atoms with Crippen LogP contribution in [0.4, 0.5) is 10.3 Å². The fourth-order valence-corrected chi connectivity index (χ4v) is 1.84. The van der Waals surface area contributed by atoms with Gasteiger partial charge in [0.15, 0.2) is 0 Å². The van der Waals surface area contributed by atoms with E-state index >= 15 is 0 Å². The molecule has 3 rings (SSSR count). The third-order valence-electron chi connectivity index (χ3n) is 2.85. The average molecular weight is 231 g/mol. The molecular formula is C13H14FN3. The number of aryl methyl sites for hydroxylation is 1. The van der Waals surface area contributed by atoms with Gasteiger partial charge in [-0.25, -0.2) is 9.37 Å². The van der Waals surface area contributed by atoms with Crippen LogP contribution >= 0.6 is 0 Å². The van der Waals surface area contributed by atoms with Gasteiger partial charge >= 0.3 is 0 Å². The van der Waals surface area contributed by atoms with E-state index in [1.807, 2.05) is 19.2 Å². The van der Waals surface area contributed by atoms with Crippen molar-refractivity contribution in [2.24, 2.45) is 0 Å². The van der Waals surface area contributed by atoms with Gasteiger partial charge in [-0.3, -0.25) is 4.57 Å². The Labute approximate surface area is 99.3 Å². The number of aromatic nitrogens is 2. The van der Waals surface area contributed by atoms with E-state index in [1.54, 1.807) is 16.7 Å². The van der Waals surface area contributed by atoms with Crippen LogP contribution in [0.5, 0.6) is 0 Å². The van der Waals surface area contributed by atoms with Gasteiger partial charge < -0.3 is 5.32 Å². The summed E-state index contributed by atoms with van der Waals surface area (Å²) >= 11 is 0. The molecule has 3 nitrogen and oxygen atoms in total. The number of hydrogen-bond donors (Lipinski definition) is 1. The Hall–Kier alpha value is -1.84. The van der Waals surface area contributed by atoms with Gasteiger partial charge in [-0.15, -0.1) is 0 Å². The lowest BCUT2D eigenvalue weighted by Crippen LogP contribution is -2.08. The van der Waals surface area contributed by atoms with Crippen LogP contribution in [0.1, 0.15) is 18.5 Å². The molecule has 1 aromatic heterocycles.